The fraction of sp³-hybridized carbons (Fsp3) is 0.0588. The van der Waals surface area contributed by atoms with Gasteiger partial charge in [-0.1, -0.05) is 36.4 Å². The van der Waals surface area contributed by atoms with Gasteiger partial charge in [-0.25, -0.2) is 9.18 Å². The van der Waals surface area contributed by atoms with Gasteiger partial charge in [0.05, 0.1) is 0 Å². The van der Waals surface area contributed by atoms with Crippen molar-refractivity contribution in [3.8, 4) is 0 Å². The van der Waals surface area contributed by atoms with Crippen LogP contribution in [0.1, 0.15) is 0 Å². The van der Waals surface area contributed by atoms with E-state index in [4.69, 9.17) is 0 Å². The number of anilines is 2. The molecule has 0 N–H and O–H groups in total. The summed E-state index contributed by atoms with van der Waals surface area (Å²) < 4.78 is 41.0. The van der Waals surface area contributed by atoms with Gasteiger partial charge in [0, 0.05) is 11.4 Å². The molecule has 124 valence electrons. The Balaban J connectivity index is 2.26. The van der Waals surface area contributed by atoms with E-state index in [1.54, 1.807) is 60.7 Å². The molecular formula is C17H12F3NO3. The van der Waals surface area contributed by atoms with Crippen molar-refractivity contribution in [2.75, 3.05) is 11.5 Å². The van der Waals surface area contributed by atoms with Gasteiger partial charge in [0.15, 0.2) is 0 Å². The van der Waals surface area contributed by atoms with E-state index in [1.165, 1.54) is 0 Å². The molecule has 0 heterocycles. The van der Waals surface area contributed by atoms with Gasteiger partial charge in [0.1, 0.15) is 6.61 Å². The number of nitrogens with zero attached hydrogens (tertiary/aromatic N) is 1. The summed E-state index contributed by atoms with van der Waals surface area (Å²) in [4.78, 5) is 25.2. The Hall–Kier alpha value is -3.09. The van der Waals surface area contributed by atoms with Crippen molar-refractivity contribution < 1.29 is 27.5 Å². The van der Waals surface area contributed by atoms with Crippen LogP contribution in [0.15, 0.2) is 72.6 Å². The fourth-order valence-electron chi connectivity index (χ4n) is 1.87. The molecule has 7 heteroatoms. The monoisotopic (exact) mass is 335 g/mol. The molecule has 2 aromatic carbocycles. The van der Waals surface area contributed by atoms with Crippen molar-refractivity contribution in [3.63, 3.8) is 0 Å². The van der Waals surface area contributed by atoms with Crippen LogP contribution in [0.25, 0.3) is 0 Å². The highest BCUT2D eigenvalue weighted by Gasteiger charge is 2.27. The van der Waals surface area contributed by atoms with Crippen LogP contribution in [0.3, 0.4) is 0 Å². The lowest BCUT2D eigenvalue weighted by molar-refractivity contribution is -0.152. The molecule has 0 aromatic heterocycles. The van der Waals surface area contributed by atoms with Gasteiger partial charge < -0.3 is 4.74 Å². The first-order valence-corrected chi connectivity index (χ1v) is 6.81. The number of amides is 1. The molecule has 0 aliphatic rings. The summed E-state index contributed by atoms with van der Waals surface area (Å²) in [6.45, 7) is -1.30. The molecule has 0 fully saturated rings. The van der Waals surface area contributed by atoms with Crippen molar-refractivity contribution >= 4 is 23.3 Å². The Bertz CT molecular complexity index is 705. The number of hydrogen-bond acceptors (Lipinski definition) is 3. The lowest BCUT2D eigenvalue weighted by Gasteiger charge is -2.21. The number of ether oxygens (including phenoxy) is 1. The van der Waals surface area contributed by atoms with Crippen LogP contribution in [0.4, 0.5) is 24.5 Å². The van der Waals surface area contributed by atoms with Crippen LogP contribution in [0.2, 0.25) is 0 Å². The highest BCUT2D eigenvalue weighted by Crippen LogP contribution is 2.25. The van der Waals surface area contributed by atoms with E-state index in [1.807, 2.05) is 0 Å². The number of para-hydroxylation sites is 2. The quantitative estimate of drug-likeness (QED) is 0.627. The van der Waals surface area contributed by atoms with Crippen LogP contribution in [-0.4, -0.2) is 18.5 Å². The molecule has 0 radical (unpaired) electrons. The predicted molar refractivity (Wildman–Crippen MR) is 81.3 cm³/mol. The van der Waals surface area contributed by atoms with E-state index in [-0.39, 0.29) is 0 Å². The van der Waals surface area contributed by atoms with Gasteiger partial charge in [0.2, 0.25) is 5.83 Å². The fourth-order valence-corrected chi connectivity index (χ4v) is 1.87. The minimum atomic E-state index is -2.60. The molecule has 0 aliphatic carbocycles. The summed E-state index contributed by atoms with van der Waals surface area (Å²) in [5, 5.41) is 0. The first-order valence-electron chi connectivity index (χ1n) is 6.81. The average Bonchev–Trinajstić information content (AvgIpc) is 2.61. The van der Waals surface area contributed by atoms with Gasteiger partial charge in [-0.05, 0) is 24.3 Å². The topological polar surface area (TPSA) is 46.6 Å². The number of hydrogen-bond donors (Lipinski definition) is 0. The molecule has 0 unspecified atom stereocenters. The molecule has 0 spiro atoms. The first kappa shape index (κ1) is 17.3. The number of benzene rings is 2. The largest absolute Gasteiger partial charge is 0.451 e. The summed E-state index contributed by atoms with van der Waals surface area (Å²) in [5.41, 5.74) is 0.747. The molecule has 2 aromatic rings. The molecule has 0 aliphatic heterocycles. The predicted octanol–water partition coefficient (Wildman–Crippen LogP) is 3.97. The second kappa shape index (κ2) is 7.96. The second-order valence-electron chi connectivity index (χ2n) is 4.55. The Morgan fingerprint density at radius 2 is 1.29 bits per heavy atom. The minimum absolute atomic E-state index is 0.373. The van der Waals surface area contributed by atoms with E-state index in [0.29, 0.717) is 11.4 Å². The maximum atomic E-state index is 12.7. The molecule has 0 bridgehead atoms. The zero-order valence-electron chi connectivity index (χ0n) is 12.3. The van der Waals surface area contributed by atoms with Crippen LogP contribution in [0, 0.1) is 0 Å². The van der Waals surface area contributed by atoms with Crippen molar-refractivity contribution in [1.29, 1.82) is 0 Å². The van der Waals surface area contributed by atoms with E-state index < -0.39 is 30.4 Å². The highest BCUT2D eigenvalue weighted by atomic mass is 19.3. The van der Waals surface area contributed by atoms with E-state index in [9.17, 15) is 22.8 Å². The number of carbonyl (C=O) groups excluding carboxylic acids is 2. The van der Waals surface area contributed by atoms with Crippen molar-refractivity contribution in [2.24, 2.45) is 0 Å². The smallest absolute Gasteiger partial charge is 0.398 e. The van der Waals surface area contributed by atoms with Crippen LogP contribution < -0.4 is 4.90 Å². The lowest BCUT2D eigenvalue weighted by Crippen LogP contribution is -2.34. The number of rotatable bonds is 4. The van der Waals surface area contributed by atoms with Gasteiger partial charge in [-0.15, -0.1) is 0 Å². The van der Waals surface area contributed by atoms with E-state index in [0.717, 1.165) is 4.90 Å². The lowest BCUT2D eigenvalue weighted by atomic mass is 10.2. The third-order valence-electron chi connectivity index (χ3n) is 2.94. The maximum Gasteiger partial charge on any atom is 0.398 e. The maximum absolute atomic E-state index is 12.7. The third-order valence-corrected chi connectivity index (χ3v) is 2.94. The minimum Gasteiger partial charge on any atom is -0.451 e. The third kappa shape index (κ3) is 4.22. The molecule has 0 atom stereocenters. The second-order valence-corrected chi connectivity index (χ2v) is 4.55. The Morgan fingerprint density at radius 1 is 0.833 bits per heavy atom. The zero-order chi connectivity index (χ0) is 17.5. The Morgan fingerprint density at radius 3 is 1.71 bits per heavy atom. The number of carbonyl (C=O) groups is 2. The highest BCUT2D eigenvalue weighted by molar-refractivity contribution is 6.39. The van der Waals surface area contributed by atoms with Crippen molar-refractivity contribution in [3.05, 3.63) is 72.6 Å². The van der Waals surface area contributed by atoms with Crippen LogP contribution in [-0.2, 0) is 14.3 Å². The van der Waals surface area contributed by atoms with Crippen molar-refractivity contribution in [1.82, 2.24) is 0 Å². The van der Waals surface area contributed by atoms with Gasteiger partial charge in [-0.2, -0.15) is 8.78 Å². The Labute approximate surface area is 135 Å². The van der Waals surface area contributed by atoms with Gasteiger partial charge in [-0.3, -0.25) is 9.69 Å². The summed E-state index contributed by atoms with van der Waals surface area (Å²) in [5.74, 6) is -4.47. The standard InChI is InChI=1S/C17H12F3NO3/c18-14(15(19)20)11-24-17(23)16(22)21(12-7-3-1-4-8-12)13-9-5-2-6-10-13/h1-10H,11H2. The average molecular weight is 335 g/mol. The summed E-state index contributed by atoms with van der Waals surface area (Å²) in [6, 6.07) is 16.4. The SMILES string of the molecule is O=C(OCC(F)=C(F)F)C(=O)N(c1ccccc1)c1ccccc1. The summed E-state index contributed by atoms with van der Waals surface area (Å²) in [6.07, 6.45) is -2.60. The molecule has 24 heavy (non-hydrogen) atoms. The van der Waals surface area contributed by atoms with Crippen LogP contribution in [0.5, 0.6) is 0 Å². The van der Waals surface area contributed by atoms with Crippen LogP contribution >= 0.6 is 0 Å². The summed E-state index contributed by atoms with van der Waals surface area (Å²) >= 11 is 0. The van der Waals surface area contributed by atoms with Gasteiger partial charge >= 0.3 is 18.0 Å². The first-order chi connectivity index (χ1) is 11.5. The molecule has 2 rings (SSSR count). The molecule has 4 nitrogen and oxygen atoms in total. The van der Waals surface area contributed by atoms with Gasteiger partial charge in [0.25, 0.3) is 0 Å². The Kier molecular flexibility index (Phi) is 5.73. The summed E-state index contributed by atoms with van der Waals surface area (Å²) in [7, 11) is 0. The molecule has 0 saturated carbocycles. The van der Waals surface area contributed by atoms with E-state index in [2.05, 4.69) is 4.74 Å². The van der Waals surface area contributed by atoms with Crippen molar-refractivity contribution in [2.45, 2.75) is 0 Å². The normalized spacial score (nSPS) is 9.96. The number of halogens is 3. The molecule has 1 amide bonds. The molecule has 0 saturated heterocycles. The number of esters is 1. The zero-order valence-corrected chi connectivity index (χ0v) is 12.3. The molecular weight excluding hydrogens is 323 g/mol. The van der Waals surface area contributed by atoms with E-state index >= 15 is 0 Å².